The van der Waals surface area contributed by atoms with Crippen molar-refractivity contribution in [2.45, 2.75) is 0 Å². The van der Waals surface area contributed by atoms with E-state index in [0.29, 0.717) is 44.2 Å². The van der Waals surface area contributed by atoms with Gasteiger partial charge in [0, 0.05) is 38.4 Å². The zero-order valence-electron chi connectivity index (χ0n) is 12.6. The van der Waals surface area contributed by atoms with Gasteiger partial charge in [-0.15, -0.1) is 0 Å². The van der Waals surface area contributed by atoms with Crippen LogP contribution in [0.25, 0.3) is 0 Å². The summed E-state index contributed by atoms with van der Waals surface area (Å²) in [5, 5.41) is 11.5. The van der Waals surface area contributed by atoms with Crippen molar-refractivity contribution in [1.29, 1.82) is 0 Å². The minimum atomic E-state index is -0.638. The van der Waals surface area contributed by atoms with Crippen molar-refractivity contribution in [3.63, 3.8) is 0 Å². The maximum Gasteiger partial charge on any atom is 0.313 e. The van der Waals surface area contributed by atoms with Crippen LogP contribution in [0, 0.1) is 0 Å². The average molecular weight is 307 g/mol. The molecular formula is C15H21N3O4. The molecule has 0 spiro atoms. The summed E-state index contributed by atoms with van der Waals surface area (Å²) in [7, 11) is 1.56. The van der Waals surface area contributed by atoms with E-state index in [2.05, 4.69) is 10.2 Å². The van der Waals surface area contributed by atoms with Gasteiger partial charge in [-0.25, -0.2) is 0 Å². The van der Waals surface area contributed by atoms with Crippen LogP contribution in [0.2, 0.25) is 0 Å². The molecule has 1 fully saturated rings. The number of β-amino-alcohol motifs (C(OH)–C–C–N with tert-alkyl or cyclic N) is 1. The highest BCUT2D eigenvalue weighted by atomic mass is 16.5. The molecule has 0 radical (unpaired) electrons. The average Bonchev–Trinajstić information content (AvgIpc) is 2.56. The number of aliphatic hydroxyl groups is 1. The Labute approximate surface area is 129 Å². The highest BCUT2D eigenvalue weighted by molar-refractivity contribution is 6.39. The molecule has 2 rings (SSSR count). The summed E-state index contributed by atoms with van der Waals surface area (Å²) in [5.41, 5.74) is 0.554. The monoisotopic (exact) mass is 307 g/mol. The molecule has 0 saturated carbocycles. The predicted molar refractivity (Wildman–Crippen MR) is 81.7 cm³/mol. The Morgan fingerprint density at radius 3 is 2.36 bits per heavy atom. The Balaban J connectivity index is 1.85. The predicted octanol–water partition coefficient (Wildman–Crippen LogP) is -0.230. The van der Waals surface area contributed by atoms with Crippen LogP contribution in [0.4, 0.5) is 5.69 Å². The number of amides is 2. The third-order valence-corrected chi connectivity index (χ3v) is 3.62. The molecule has 0 unspecified atom stereocenters. The van der Waals surface area contributed by atoms with E-state index in [1.165, 1.54) is 4.90 Å². The summed E-state index contributed by atoms with van der Waals surface area (Å²) in [4.78, 5) is 27.7. The number of hydrogen-bond donors (Lipinski definition) is 2. The molecule has 1 aromatic carbocycles. The van der Waals surface area contributed by atoms with Crippen LogP contribution in [-0.2, 0) is 9.59 Å². The number of carbonyl (C=O) groups excluding carboxylic acids is 2. The summed E-state index contributed by atoms with van der Waals surface area (Å²) in [6.45, 7) is 3.03. The molecule has 2 N–H and O–H groups in total. The number of aliphatic hydroxyl groups excluding tert-OH is 1. The summed E-state index contributed by atoms with van der Waals surface area (Å²) in [6.07, 6.45) is 0. The van der Waals surface area contributed by atoms with E-state index in [9.17, 15) is 9.59 Å². The van der Waals surface area contributed by atoms with Crippen molar-refractivity contribution < 1.29 is 19.4 Å². The van der Waals surface area contributed by atoms with Crippen molar-refractivity contribution in [2.75, 3.05) is 51.8 Å². The second kappa shape index (κ2) is 7.77. The Hall–Kier alpha value is -2.12. The molecule has 7 nitrogen and oxygen atoms in total. The molecule has 0 aromatic heterocycles. The van der Waals surface area contributed by atoms with Gasteiger partial charge in [0.25, 0.3) is 0 Å². The Bertz CT molecular complexity index is 510. The zero-order valence-corrected chi connectivity index (χ0v) is 12.6. The number of benzene rings is 1. The van der Waals surface area contributed by atoms with Crippen molar-refractivity contribution in [3.8, 4) is 5.75 Å². The maximum atomic E-state index is 12.1. The lowest BCUT2D eigenvalue weighted by Gasteiger charge is -2.33. The molecule has 2 amide bonds. The van der Waals surface area contributed by atoms with Gasteiger partial charge in [0.15, 0.2) is 0 Å². The van der Waals surface area contributed by atoms with E-state index in [1.54, 1.807) is 31.4 Å². The number of anilines is 1. The molecule has 0 aliphatic carbocycles. The van der Waals surface area contributed by atoms with Crippen LogP contribution in [0.3, 0.4) is 0 Å². The topological polar surface area (TPSA) is 82.1 Å². The third-order valence-electron chi connectivity index (χ3n) is 3.62. The van der Waals surface area contributed by atoms with Crippen LogP contribution in [-0.4, -0.2) is 73.2 Å². The van der Waals surface area contributed by atoms with E-state index in [-0.39, 0.29) is 6.61 Å². The molecule has 1 aromatic rings. The Morgan fingerprint density at radius 2 is 1.82 bits per heavy atom. The number of hydrogen-bond acceptors (Lipinski definition) is 5. The summed E-state index contributed by atoms with van der Waals surface area (Å²) >= 11 is 0. The van der Waals surface area contributed by atoms with Crippen molar-refractivity contribution >= 4 is 17.5 Å². The first-order valence-corrected chi connectivity index (χ1v) is 7.21. The van der Waals surface area contributed by atoms with Gasteiger partial charge in [-0.2, -0.15) is 0 Å². The lowest BCUT2D eigenvalue weighted by Crippen LogP contribution is -2.52. The molecular weight excluding hydrogens is 286 g/mol. The van der Waals surface area contributed by atoms with Crippen LogP contribution in [0.15, 0.2) is 24.3 Å². The standard InChI is InChI=1S/C15H21N3O4/c1-22-13-4-2-12(3-5-13)16-14(20)15(21)18-8-6-17(7-9-18)10-11-19/h2-5,19H,6-11H2,1H3,(H,16,20). The van der Waals surface area contributed by atoms with Gasteiger partial charge in [0.1, 0.15) is 5.75 Å². The van der Waals surface area contributed by atoms with Crippen molar-refractivity contribution in [3.05, 3.63) is 24.3 Å². The summed E-state index contributed by atoms with van der Waals surface area (Å²) < 4.78 is 5.04. The van der Waals surface area contributed by atoms with E-state index in [4.69, 9.17) is 9.84 Å². The fraction of sp³-hybridized carbons (Fsp3) is 0.467. The molecule has 0 bridgehead atoms. The van der Waals surface area contributed by atoms with Gasteiger partial charge >= 0.3 is 11.8 Å². The molecule has 1 heterocycles. The fourth-order valence-electron chi connectivity index (χ4n) is 2.32. The molecule has 1 aliphatic rings. The number of methoxy groups -OCH3 is 1. The van der Waals surface area contributed by atoms with Crippen LogP contribution >= 0.6 is 0 Å². The molecule has 7 heteroatoms. The van der Waals surface area contributed by atoms with E-state index in [0.717, 1.165) is 0 Å². The smallest absolute Gasteiger partial charge is 0.313 e. The first kappa shape index (κ1) is 16.3. The quantitative estimate of drug-likeness (QED) is 0.751. The first-order chi connectivity index (χ1) is 10.6. The van der Waals surface area contributed by atoms with Crippen LogP contribution in [0.5, 0.6) is 5.75 Å². The molecule has 22 heavy (non-hydrogen) atoms. The van der Waals surface area contributed by atoms with Gasteiger partial charge in [0.05, 0.1) is 13.7 Å². The normalized spacial score (nSPS) is 15.5. The van der Waals surface area contributed by atoms with Crippen molar-refractivity contribution in [1.82, 2.24) is 9.80 Å². The number of carbonyl (C=O) groups is 2. The second-order valence-corrected chi connectivity index (χ2v) is 5.04. The summed E-state index contributed by atoms with van der Waals surface area (Å²) in [6, 6.07) is 6.80. The highest BCUT2D eigenvalue weighted by Crippen LogP contribution is 2.15. The Morgan fingerprint density at radius 1 is 1.18 bits per heavy atom. The van der Waals surface area contributed by atoms with E-state index in [1.807, 2.05) is 0 Å². The van der Waals surface area contributed by atoms with Gasteiger partial charge in [-0.1, -0.05) is 0 Å². The molecule has 120 valence electrons. The SMILES string of the molecule is COc1ccc(NC(=O)C(=O)N2CCN(CCO)CC2)cc1. The maximum absolute atomic E-state index is 12.1. The number of rotatable bonds is 4. The lowest BCUT2D eigenvalue weighted by atomic mass is 10.2. The second-order valence-electron chi connectivity index (χ2n) is 5.04. The minimum Gasteiger partial charge on any atom is -0.497 e. The van der Waals surface area contributed by atoms with E-state index < -0.39 is 11.8 Å². The number of ether oxygens (including phenoxy) is 1. The van der Waals surface area contributed by atoms with Gasteiger partial charge in [-0.05, 0) is 24.3 Å². The lowest BCUT2D eigenvalue weighted by molar-refractivity contribution is -0.144. The van der Waals surface area contributed by atoms with Gasteiger partial charge in [0.2, 0.25) is 0 Å². The minimum absolute atomic E-state index is 0.103. The highest BCUT2D eigenvalue weighted by Gasteiger charge is 2.25. The number of piperazine rings is 1. The van der Waals surface area contributed by atoms with Gasteiger partial charge in [-0.3, -0.25) is 14.5 Å². The fourth-order valence-corrected chi connectivity index (χ4v) is 2.32. The molecule has 1 saturated heterocycles. The van der Waals surface area contributed by atoms with Crippen molar-refractivity contribution in [2.24, 2.45) is 0 Å². The Kier molecular flexibility index (Phi) is 5.74. The van der Waals surface area contributed by atoms with Gasteiger partial charge < -0.3 is 20.1 Å². The summed E-state index contributed by atoms with van der Waals surface area (Å²) in [5.74, 6) is -0.482. The van der Waals surface area contributed by atoms with Crippen LogP contribution in [0.1, 0.15) is 0 Å². The van der Waals surface area contributed by atoms with E-state index >= 15 is 0 Å². The molecule has 0 atom stereocenters. The number of nitrogens with zero attached hydrogens (tertiary/aromatic N) is 2. The van der Waals surface area contributed by atoms with Crippen LogP contribution < -0.4 is 10.1 Å². The first-order valence-electron chi connectivity index (χ1n) is 7.21. The largest absolute Gasteiger partial charge is 0.497 e. The molecule has 1 aliphatic heterocycles. The number of nitrogens with one attached hydrogen (secondary N) is 1. The zero-order chi connectivity index (χ0) is 15.9. The third kappa shape index (κ3) is 4.19.